The van der Waals surface area contributed by atoms with Crippen molar-refractivity contribution in [3.63, 3.8) is 0 Å². The molecule has 0 fully saturated rings. The van der Waals surface area contributed by atoms with Crippen molar-refractivity contribution >= 4 is 15.9 Å². The van der Waals surface area contributed by atoms with Gasteiger partial charge >= 0.3 is 0 Å². The second-order valence-corrected chi connectivity index (χ2v) is 6.20. The SMILES string of the molecule is CCCNC(CCCc1cccc(F)c1Br)C(C)C. The predicted octanol–water partition coefficient (Wildman–Crippen LogP) is 4.94. The molecular formula is C16H25BrFN. The summed E-state index contributed by atoms with van der Waals surface area (Å²) in [5, 5.41) is 3.60. The van der Waals surface area contributed by atoms with Crippen molar-refractivity contribution in [2.24, 2.45) is 5.92 Å². The van der Waals surface area contributed by atoms with Gasteiger partial charge < -0.3 is 5.32 Å². The third kappa shape index (κ3) is 5.62. The van der Waals surface area contributed by atoms with Gasteiger partial charge in [0.2, 0.25) is 0 Å². The largest absolute Gasteiger partial charge is 0.314 e. The molecule has 0 saturated carbocycles. The minimum absolute atomic E-state index is 0.165. The van der Waals surface area contributed by atoms with E-state index in [1.165, 1.54) is 12.5 Å². The van der Waals surface area contributed by atoms with Crippen molar-refractivity contribution in [3.8, 4) is 0 Å². The summed E-state index contributed by atoms with van der Waals surface area (Å²) in [5.74, 6) is 0.476. The first kappa shape index (κ1) is 16.6. The average molecular weight is 330 g/mol. The standard InChI is InChI=1S/C16H25BrFN/c1-4-11-19-15(12(2)3)10-6-8-13-7-5-9-14(18)16(13)17/h5,7,9,12,15,19H,4,6,8,10-11H2,1-3H3. The fourth-order valence-electron chi connectivity index (χ4n) is 2.25. The van der Waals surface area contributed by atoms with Crippen LogP contribution >= 0.6 is 15.9 Å². The van der Waals surface area contributed by atoms with Crippen LogP contribution in [-0.4, -0.2) is 12.6 Å². The Bertz CT molecular complexity index is 379. The molecule has 1 aromatic carbocycles. The van der Waals surface area contributed by atoms with Crippen molar-refractivity contribution in [1.29, 1.82) is 0 Å². The van der Waals surface area contributed by atoms with Gasteiger partial charge in [-0.1, -0.05) is 32.9 Å². The van der Waals surface area contributed by atoms with Gasteiger partial charge in [0.15, 0.2) is 0 Å². The monoisotopic (exact) mass is 329 g/mol. The molecule has 1 aromatic rings. The smallest absolute Gasteiger partial charge is 0.137 e. The molecule has 1 nitrogen and oxygen atoms in total. The average Bonchev–Trinajstić information content (AvgIpc) is 2.38. The maximum Gasteiger partial charge on any atom is 0.137 e. The Labute approximate surface area is 125 Å². The number of aryl methyl sites for hydroxylation is 1. The lowest BCUT2D eigenvalue weighted by Gasteiger charge is -2.22. The Kier molecular flexibility index (Phi) is 7.62. The summed E-state index contributed by atoms with van der Waals surface area (Å²) in [7, 11) is 0. The highest BCUT2D eigenvalue weighted by Gasteiger charge is 2.12. The van der Waals surface area contributed by atoms with E-state index in [0.29, 0.717) is 16.4 Å². The van der Waals surface area contributed by atoms with E-state index < -0.39 is 0 Å². The molecule has 0 aromatic heterocycles. The van der Waals surface area contributed by atoms with Gasteiger partial charge in [-0.2, -0.15) is 0 Å². The second-order valence-electron chi connectivity index (χ2n) is 5.41. The summed E-state index contributed by atoms with van der Waals surface area (Å²) in [5.41, 5.74) is 1.07. The van der Waals surface area contributed by atoms with Crippen LogP contribution < -0.4 is 5.32 Å². The normalized spacial score (nSPS) is 12.9. The number of rotatable bonds is 8. The molecule has 0 aliphatic rings. The van der Waals surface area contributed by atoms with Crippen LogP contribution in [0.1, 0.15) is 45.6 Å². The molecule has 0 heterocycles. The van der Waals surface area contributed by atoms with Crippen LogP contribution in [-0.2, 0) is 6.42 Å². The molecule has 1 atom stereocenters. The summed E-state index contributed by atoms with van der Waals surface area (Å²) in [4.78, 5) is 0. The van der Waals surface area contributed by atoms with Gasteiger partial charge in [0.1, 0.15) is 5.82 Å². The molecule has 0 bridgehead atoms. The van der Waals surface area contributed by atoms with Gasteiger partial charge in [-0.25, -0.2) is 4.39 Å². The zero-order valence-corrected chi connectivity index (χ0v) is 13.8. The molecule has 1 unspecified atom stereocenters. The van der Waals surface area contributed by atoms with Crippen molar-refractivity contribution in [3.05, 3.63) is 34.1 Å². The fourth-order valence-corrected chi connectivity index (χ4v) is 2.72. The van der Waals surface area contributed by atoms with E-state index in [-0.39, 0.29) is 5.82 Å². The molecule has 0 radical (unpaired) electrons. The highest BCUT2D eigenvalue weighted by Crippen LogP contribution is 2.22. The van der Waals surface area contributed by atoms with Gasteiger partial charge in [-0.15, -0.1) is 0 Å². The van der Waals surface area contributed by atoms with Crippen LogP contribution in [0.4, 0.5) is 4.39 Å². The minimum Gasteiger partial charge on any atom is -0.314 e. The maximum absolute atomic E-state index is 13.4. The minimum atomic E-state index is -0.165. The zero-order chi connectivity index (χ0) is 14.3. The number of nitrogens with one attached hydrogen (secondary N) is 1. The highest BCUT2D eigenvalue weighted by atomic mass is 79.9. The first-order valence-electron chi connectivity index (χ1n) is 7.22. The molecule has 1 N–H and O–H groups in total. The first-order valence-corrected chi connectivity index (χ1v) is 8.01. The number of hydrogen-bond acceptors (Lipinski definition) is 1. The summed E-state index contributed by atoms with van der Waals surface area (Å²) in [6.45, 7) is 7.78. The van der Waals surface area contributed by atoms with Gasteiger partial charge in [0, 0.05) is 6.04 Å². The van der Waals surface area contributed by atoms with Crippen LogP contribution in [0.3, 0.4) is 0 Å². The summed E-state index contributed by atoms with van der Waals surface area (Å²) in [6.07, 6.45) is 4.32. The van der Waals surface area contributed by atoms with E-state index in [4.69, 9.17) is 0 Å². The van der Waals surface area contributed by atoms with Crippen LogP contribution in [0.5, 0.6) is 0 Å². The van der Waals surface area contributed by atoms with E-state index in [2.05, 4.69) is 42.0 Å². The van der Waals surface area contributed by atoms with Crippen LogP contribution in [0.15, 0.2) is 22.7 Å². The molecule has 0 saturated heterocycles. The molecule has 0 aliphatic carbocycles. The number of hydrogen-bond donors (Lipinski definition) is 1. The third-order valence-corrected chi connectivity index (χ3v) is 4.34. The van der Waals surface area contributed by atoms with Gasteiger partial charge in [-0.05, 0) is 65.7 Å². The molecule has 108 valence electrons. The molecule has 0 amide bonds. The maximum atomic E-state index is 13.4. The first-order chi connectivity index (χ1) is 9.06. The lowest BCUT2D eigenvalue weighted by Crippen LogP contribution is -2.34. The van der Waals surface area contributed by atoms with E-state index in [1.54, 1.807) is 6.07 Å². The molecule has 0 spiro atoms. The van der Waals surface area contributed by atoms with E-state index in [9.17, 15) is 4.39 Å². The summed E-state index contributed by atoms with van der Waals surface area (Å²) in [6, 6.07) is 5.84. The highest BCUT2D eigenvalue weighted by molar-refractivity contribution is 9.10. The lowest BCUT2D eigenvalue weighted by atomic mass is 9.96. The van der Waals surface area contributed by atoms with Crippen molar-refractivity contribution in [2.45, 2.75) is 52.5 Å². The van der Waals surface area contributed by atoms with Gasteiger partial charge in [0.25, 0.3) is 0 Å². The van der Waals surface area contributed by atoms with Crippen molar-refractivity contribution < 1.29 is 4.39 Å². The quantitative estimate of drug-likeness (QED) is 0.712. The van der Waals surface area contributed by atoms with Crippen molar-refractivity contribution in [2.75, 3.05) is 6.54 Å². The Hall–Kier alpha value is -0.410. The Morgan fingerprint density at radius 1 is 1.32 bits per heavy atom. The van der Waals surface area contributed by atoms with Crippen LogP contribution in [0.25, 0.3) is 0 Å². The topological polar surface area (TPSA) is 12.0 Å². The third-order valence-electron chi connectivity index (χ3n) is 3.45. The van der Waals surface area contributed by atoms with E-state index in [0.717, 1.165) is 31.4 Å². The summed E-state index contributed by atoms with van der Waals surface area (Å²) < 4.78 is 14.0. The lowest BCUT2D eigenvalue weighted by molar-refractivity contribution is 0.370. The van der Waals surface area contributed by atoms with Gasteiger partial charge in [0.05, 0.1) is 4.47 Å². The van der Waals surface area contributed by atoms with E-state index in [1.807, 2.05) is 6.07 Å². The van der Waals surface area contributed by atoms with Gasteiger partial charge in [-0.3, -0.25) is 0 Å². The predicted molar refractivity (Wildman–Crippen MR) is 84.0 cm³/mol. The zero-order valence-electron chi connectivity index (χ0n) is 12.2. The Morgan fingerprint density at radius 3 is 2.68 bits per heavy atom. The molecule has 0 aliphatic heterocycles. The molecular weight excluding hydrogens is 305 g/mol. The second kappa shape index (κ2) is 8.70. The number of halogens is 2. The number of benzene rings is 1. The Morgan fingerprint density at radius 2 is 2.05 bits per heavy atom. The Balaban J connectivity index is 2.45. The van der Waals surface area contributed by atoms with Crippen molar-refractivity contribution in [1.82, 2.24) is 5.32 Å². The molecule has 3 heteroatoms. The molecule has 1 rings (SSSR count). The molecule has 19 heavy (non-hydrogen) atoms. The van der Waals surface area contributed by atoms with Crippen LogP contribution in [0, 0.1) is 11.7 Å². The fraction of sp³-hybridized carbons (Fsp3) is 0.625. The van der Waals surface area contributed by atoms with Crippen LogP contribution in [0.2, 0.25) is 0 Å². The van der Waals surface area contributed by atoms with E-state index >= 15 is 0 Å². The summed E-state index contributed by atoms with van der Waals surface area (Å²) >= 11 is 3.33.